The maximum Gasteiger partial charge on any atom is 0.244 e. The second kappa shape index (κ2) is 11.3. The predicted octanol–water partition coefficient (Wildman–Crippen LogP) is 5.90. The van der Waals surface area contributed by atoms with Crippen LogP contribution in [0.1, 0.15) is 38.5 Å². The van der Waals surface area contributed by atoms with Gasteiger partial charge in [-0.05, 0) is 68.5 Å². The molecule has 2 heterocycles. The Kier molecular flexibility index (Phi) is 8.54. The van der Waals surface area contributed by atoms with Crippen LogP contribution in [-0.4, -0.2) is 56.3 Å². The van der Waals surface area contributed by atoms with Crippen molar-refractivity contribution in [2.45, 2.75) is 43.4 Å². The molecule has 0 aliphatic carbocycles. The summed E-state index contributed by atoms with van der Waals surface area (Å²) >= 11 is 18.3. The van der Waals surface area contributed by atoms with Gasteiger partial charge in [0, 0.05) is 43.0 Å². The zero-order valence-electron chi connectivity index (χ0n) is 19.4. The molecular weight excluding hydrogens is 531 g/mol. The van der Waals surface area contributed by atoms with E-state index in [2.05, 4.69) is 0 Å². The van der Waals surface area contributed by atoms with Crippen molar-refractivity contribution >= 4 is 50.7 Å². The molecule has 4 rings (SSSR count). The number of carbonyl (C=O) groups is 1. The van der Waals surface area contributed by atoms with Gasteiger partial charge < -0.3 is 9.64 Å². The molecule has 2 aliphatic heterocycles. The summed E-state index contributed by atoms with van der Waals surface area (Å²) in [5.41, 5.74) is -0.474. The molecule has 0 N–H and O–H groups in total. The Bertz CT molecular complexity index is 1140. The van der Waals surface area contributed by atoms with Crippen molar-refractivity contribution in [2.24, 2.45) is 5.41 Å². The number of rotatable bonds is 7. The van der Waals surface area contributed by atoms with Gasteiger partial charge in [-0.2, -0.15) is 4.31 Å². The Balaban J connectivity index is 1.51. The Morgan fingerprint density at radius 1 is 0.914 bits per heavy atom. The standard InChI is InChI=1S/C25H29Cl3N2O4S/c26-19-7-9-20(10-8-19)34-18-25(17-23(31)29-13-2-1-3-14-29)11-15-30(16-12-25)35(32,33)22-6-4-5-21(27)24(22)28/h4-10H,1-3,11-18H2. The van der Waals surface area contributed by atoms with E-state index >= 15 is 0 Å². The predicted molar refractivity (Wildman–Crippen MR) is 139 cm³/mol. The lowest BCUT2D eigenvalue weighted by atomic mass is 9.76. The molecule has 2 aromatic rings. The molecule has 2 aliphatic rings. The monoisotopic (exact) mass is 558 g/mol. The number of hydrogen-bond acceptors (Lipinski definition) is 4. The normalized spacial score (nSPS) is 18.9. The molecule has 0 aromatic heterocycles. The first-order valence-electron chi connectivity index (χ1n) is 11.8. The molecular formula is C25H29Cl3N2O4S. The highest BCUT2D eigenvalue weighted by Gasteiger charge is 2.42. The summed E-state index contributed by atoms with van der Waals surface area (Å²) < 4.78 is 34.2. The molecule has 10 heteroatoms. The van der Waals surface area contributed by atoms with E-state index in [0.717, 1.165) is 32.4 Å². The van der Waals surface area contributed by atoms with Crippen LogP contribution in [-0.2, 0) is 14.8 Å². The summed E-state index contributed by atoms with van der Waals surface area (Å²) in [7, 11) is -3.82. The number of ether oxygens (including phenoxy) is 1. The van der Waals surface area contributed by atoms with E-state index < -0.39 is 15.4 Å². The van der Waals surface area contributed by atoms with Gasteiger partial charge in [-0.15, -0.1) is 0 Å². The Morgan fingerprint density at radius 3 is 2.23 bits per heavy atom. The van der Waals surface area contributed by atoms with Gasteiger partial charge in [0.1, 0.15) is 10.6 Å². The minimum atomic E-state index is -3.82. The van der Waals surface area contributed by atoms with Crippen LogP contribution in [0, 0.1) is 5.41 Å². The van der Waals surface area contributed by atoms with Gasteiger partial charge in [0.15, 0.2) is 0 Å². The number of amides is 1. The van der Waals surface area contributed by atoms with Gasteiger partial charge in [-0.3, -0.25) is 4.79 Å². The summed E-state index contributed by atoms with van der Waals surface area (Å²) in [4.78, 5) is 15.1. The molecule has 2 fully saturated rings. The van der Waals surface area contributed by atoms with E-state index in [1.807, 2.05) is 4.90 Å². The molecule has 2 aromatic carbocycles. The molecule has 0 unspecified atom stereocenters. The molecule has 0 spiro atoms. The summed E-state index contributed by atoms with van der Waals surface area (Å²) in [5.74, 6) is 0.776. The number of halogens is 3. The van der Waals surface area contributed by atoms with Gasteiger partial charge in [0.2, 0.25) is 15.9 Å². The molecule has 0 saturated carbocycles. The number of sulfonamides is 1. The molecule has 1 amide bonds. The van der Waals surface area contributed by atoms with Gasteiger partial charge in [-0.25, -0.2) is 8.42 Å². The summed E-state index contributed by atoms with van der Waals surface area (Å²) in [6, 6.07) is 11.7. The third-order valence-electron chi connectivity index (χ3n) is 6.91. The molecule has 0 atom stereocenters. The van der Waals surface area contributed by atoms with Gasteiger partial charge in [0.05, 0.1) is 16.7 Å². The van der Waals surface area contributed by atoms with E-state index in [4.69, 9.17) is 39.5 Å². The molecule has 35 heavy (non-hydrogen) atoms. The lowest BCUT2D eigenvalue weighted by Gasteiger charge is -2.42. The summed E-state index contributed by atoms with van der Waals surface area (Å²) in [6.07, 6.45) is 4.51. The van der Waals surface area contributed by atoms with Gasteiger partial charge in [0.25, 0.3) is 0 Å². The topological polar surface area (TPSA) is 66.9 Å². The summed E-state index contributed by atoms with van der Waals surface area (Å²) in [6.45, 7) is 2.41. The second-order valence-corrected chi connectivity index (χ2v) is 12.4. The number of piperidine rings is 2. The maximum atomic E-state index is 13.3. The van der Waals surface area contributed by atoms with Crippen molar-refractivity contribution < 1.29 is 17.9 Å². The van der Waals surface area contributed by atoms with Crippen LogP contribution in [0.15, 0.2) is 47.4 Å². The van der Waals surface area contributed by atoms with Crippen LogP contribution >= 0.6 is 34.8 Å². The SMILES string of the molecule is O=C(CC1(COc2ccc(Cl)cc2)CCN(S(=O)(=O)c2cccc(Cl)c2Cl)CC1)N1CCCCC1. The van der Waals surface area contributed by atoms with Crippen molar-refractivity contribution in [3.05, 3.63) is 57.5 Å². The number of likely N-dealkylation sites (tertiary alicyclic amines) is 1. The minimum Gasteiger partial charge on any atom is -0.493 e. The third-order valence-corrected chi connectivity index (χ3v) is 10.0. The van der Waals surface area contributed by atoms with Crippen molar-refractivity contribution in [1.82, 2.24) is 9.21 Å². The number of hydrogen-bond donors (Lipinski definition) is 0. The highest BCUT2D eigenvalue weighted by atomic mass is 35.5. The van der Waals surface area contributed by atoms with Crippen LogP contribution in [0.2, 0.25) is 15.1 Å². The van der Waals surface area contributed by atoms with Crippen molar-refractivity contribution in [1.29, 1.82) is 0 Å². The van der Waals surface area contributed by atoms with Gasteiger partial charge in [-0.1, -0.05) is 40.9 Å². The molecule has 190 valence electrons. The largest absolute Gasteiger partial charge is 0.493 e. The Labute approximate surface area is 222 Å². The minimum absolute atomic E-state index is 0.000902. The highest BCUT2D eigenvalue weighted by Crippen LogP contribution is 2.40. The van der Waals surface area contributed by atoms with Crippen molar-refractivity contribution in [2.75, 3.05) is 32.8 Å². The van der Waals surface area contributed by atoms with Gasteiger partial charge >= 0.3 is 0 Å². The van der Waals surface area contributed by atoms with Crippen molar-refractivity contribution in [3.8, 4) is 5.75 Å². The first kappa shape index (κ1) is 26.6. The summed E-state index contributed by atoms with van der Waals surface area (Å²) in [5, 5.41) is 0.838. The maximum absolute atomic E-state index is 13.3. The van der Waals surface area contributed by atoms with E-state index in [1.54, 1.807) is 36.4 Å². The fourth-order valence-corrected chi connectivity index (χ4v) is 7.04. The fourth-order valence-electron chi connectivity index (χ4n) is 4.74. The highest BCUT2D eigenvalue weighted by molar-refractivity contribution is 7.89. The van der Waals surface area contributed by atoms with Crippen molar-refractivity contribution in [3.63, 3.8) is 0 Å². The zero-order chi connectivity index (χ0) is 25.1. The molecule has 2 saturated heterocycles. The lowest BCUT2D eigenvalue weighted by molar-refractivity contribution is -0.136. The molecule has 0 bridgehead atoms. The van der Waals surface area contributed by atoms with E-state index in [9.17, 15) is 13.2 Å². The molecule has 0 radical (unpaired) electrons. The Morgan fingerprint density at radius 2 is 1.57 bits per heavy atom. The van der Waals surface area contributed by atoms with E-state index in [1.165, 1.54) is 10.4 Å². The van der Waals surface area contributed by atoms with E-state index in [-0.39, 0.29) is 33.9 Å². The quantitative estimate of drug-likeness (QED) is 0.424. The molecule has 6 nitrogen and oxygen atoms in total. The van der Waals surface area contributed by atoms with Crippen LogP contribution in [0.5, 0.6) is 5.75 Å². The fraction of sp³-hybridized carbons (Fsp3) is 0.480. The third kappa shape index (κ3) is 6.25. The lowest BCUT2D eigenvalue weighted by Crippen LogP contribution is -2.48. The number of nitrogens with zero attached hydrogens (tertiary/aromatic N) is 2. The zero-order valence-corrected chi connectivity index (χ0v) is 22.5. The average Bonchev–Trinajstić information content (AvgIpc) is 2.86. The van der Waals surface area contributed by atoms with Crippen LogP contribution < -0.4 is 4.74 Å². The number of benzene rings is 2. The Hall–Kier alpha value is -1.51. The average molecular weight is 560 g/mol. The van der Waals surface area contributed by atoms with E-state index in [0.29, 0.717) is 36.6 Å². The number of carbonyl (C=O) groups excluding carboxylic acids is 1. The smallest absolute Gasteiger partial charge is 0.244 e. The second-order valence-electron chi connectivity index (χ2n) is 9.32. The first-order valence-corrected chi connectivity index (χ1v) is 14.4. The van der Waals surface area contributed by atoms with Crippen LogP contribution in [0.4, 0.5) is 0 Å². The first-order chi connectivity index (χ1) is 16.7. The van der Waals surface area contributed by atoms with Crippen LogP contribution in [0.25, 0.3) is 0 Å². The van der Waals surface area contributed by atoms with Crippen LogP contribution in [0.3, 0.4) is 0 Å².